The predicted molar refractivity (Wildman–Crippen MR) is 84.8 cm³/mol. The number of rotatable bonds is 12. The monoisotopic (exact) mass is 356 g/mol. The second-order valence-electron chi connectivity index (χ2n) is 5.81. The molecule has 1 heterocycles. The second-order valence-corrected chi connectivity index (χ2v) is 5.81. The summed E-state index contributed by atoms with van der Waals surface area (Å²) in [6.45, 7) is 0.482. The van der Waals surface area contributed by atoms with E-state index in [-0.39, 0.29) is 31.6 Å². The number of carboxylic acids is 1. The number of carbonyl (C=O) groups excluding carboxylic acids is 4. The van der Waals surface area contributed by atoms with Crippen LogP contribution in [0, 0.1) is 0 Å². The fraction of sp³-hybridized carbons (Fsp3) is 0.688. The standard InChI is InChI=1S/C16H24N2O7/c19-12(6-3-4-7-15(22)23)17-11-5-1-2-8-16(24)25-18-13(20)9-10-14(18)21/h1-11H2,(H,17,19)(H,22,23). The third kappa shape index (κ3) is 8.83. The number of hydrogen-bond acceptors (Lipinski definition) is 6. The molecule has 1 rings (SSSR count). The van der Waals surface area contributed by atoms with Crippen molar-refractivity contribution in [3.63, 3.8) is 0 Å². The van der Waals surface area contributed by atoms with E-state index >= 15 is 0 Å². The zero-order valence-corrected chi connectivity index (χ0v) is 14.1. The Balaban J connectivity index is 1.98. The van der Waals surface area contributed by atoms with Gasteiger partial charge in [0.2, 0.25) is 5.91 Å². The number of nitrogens with one attached hydrogen (secondary N) is 1. The lowest BCUT2D eigenvalue weighted by Crippen LogP contribution is -2.31. The van der Waals surface area contributed by atoms with E-state index in [1.807, 2.05) is 0 Å². The maximum atomic E-state index is 11.5. The molecule has 0 aromatic heterocycles. The fourth-order valence-electron chi connectivity index (χ4n) is 2.25. The van der Waals surface area contributed by atoms with Crippen molar-refractivity contribution >= 4 is 29.7 Å². The maximum Gasteiger partial charge on any atom is 0.333 e. The van der Waals surface area contributed by atoms with E-state index in [9.17, 15) is 24.0 Å². The molecule has 1 saturated heterocycles. The van der Waals surface area contributed by atoms with Crippen molar-refractivity contribution in [1.82, 2.24) is 10.4 Å². The molecule has 0 radical (unpaired) electrons. The highest BCUT2D eigenvalue weighted by molar-refractivity contribution is 6.01. The van der Waals surface area contributed by atoms with Gasteiger partial charge in [-0.25, -0.2) is 4.79 Å². The van der Waals surface area contributed by atoms with E-state index < -0.39 is 23.8 Å². The molecular weight excluding hydrogens is 332 g/mol. The highest BCUT2D eigenvalue weighted by atomic mass is 16.7. The zero-order chi connectivity index (χ0) is 18.7. The average molecular weight is 356 g/mol. The summed E-state index contributed by atoms with van der Waals surface area (Å²) in [5.41, 5.74) is 0. The number of carbonyl (C=O) groups is 5. The number of unbranched alkanes of at least 4 members (excludes halogenated alkanes) is 3. The van der Waals surface area contributed by atoms with Crippen LogP contribution in [0.2, 0.25) is 0 Å². The molecule has 2 N–H and O–H groups in total. The van der Waals surface area contributed by atoms with Crippen LogP contribution in [-0.2, 0) is 28.8 Å². The second kappa shape index (κ2) is 11.2. The van der Waals surface area contributed by atoms with Gasteiger partial charge in [-0.2, -0.15) is 0 Å². The number of hydrogen-bond donors (Lipinski definition) is 2. The van der Waals surface area contributed by atoms with Gasteiger partial charge in [0.25, 0.3) is 11.8 Å². The summed E-state index contributed by atoms with van der Waals surface area (Å²) >= 11 is 0. The highest BCUT2D eigenvalue weighted by Crippen LogP contribution is 2.13. The molecule has 0 unspecified atom stereocenters. The van der Waals surface area contributed by atoms with Crippen LogP contribution in [0.3, 0.4) is 0 Å². The van der Waals surface area contributed by atoms with Crippen LogP contribution in [0.5, 0.6) is 0 Å². The lowest BCUT2D eigenvalue weighted by Gasteiger charge is -2.12. The summed E-state index contributed by atoms with van der Waals surface area (Å²) in [6, 6.07) is 0. The van der Waals surface area contributed by atoms with Crippen molar-refractivity contribution in [1.29, 1.82) is 0 Å². The summed E-state index contributed by atoms with van der Waals surface area (Å²) in [6.07, 6.45) is 3.54. The number of aliphatic carboxylic acids is 1. The van der Waals surface area contributed by atoms with E-state index in [4.69, 9.17) is 9.94 Å². The molecular formula is C16H24N2O7. The van der Waals surface area contributed by atoms with Crippen LogP contribution >= 0.6 is 0 Å². The summed E-state index contributed by atoms with van der Waals surface area (Å²) in [5.74, 6) is -2.59. The number of hydroxylamine groups is 2. The largest absolute Gasteiger partial charge is 0.481 e. The zero-order valence-electron chi connectivity index (χ0n) is 14.1. The molecule has 1 fully saturated rings. The van der Waals surface area contributed by atoms with Gasteiger partial charge in [0, 0.05) is 38.6 Å². The third-order valence-corrected chi connectivity index (χ3v) is 3.62. The van der Waals surface area contributed by atoms with Crippen molar-refractivity contribution in [2.75, 3.05) is 6.54 Å². The van der Waals surface area contributed by atoms with Gasteiger partial charge in [-0.15, -0.1) is 5.06 Å². The summed E-state index contributed by atoms with van der Waals surface area (Å²) in [5, 5.41) is 11.7. The number of amides is 3. The molecule has 9 heteroatoms. The topological polar surface area (TPSA) is 130 Å². The van der Waals surface area contributed by atoms with Gasteiger partial charge < -0.3 is 15.3 Å². The van der Waals surface area contributed by atoms with Gasteiger partial charge in [0.15, 0.2) is 0 Å². The molecule has 0 aliphatic carbocycles. The molecule has 140 valence electrons. The molecule has 25 heavy (non-hydrogen) atoms. The van der Waals surface area contributed by atoms with Crippen LogP contribution < -0.4 is 5.32 Å². The van der Waals surface area contributed by atoms with E-state index in [2.05, 4.69) is 5.32 Å². The Morgan fingerprint density at radius 1 is 0.920 bits per heavy atom. The minimum absolute atomic E-state index is 0.0675. The fourth-order valence-corrected chi connectivity index (χ4v) is 2.25. The van der Waals surface area contributed by atoms with Crippen molar-refractivity contribution in [3.05, 3.63) is 0 Å². The Hall–Kier alpha value is -2.45. The van der Waals surface area contributed by atoms with Gasteiger partial charge in [0.05, 0.1) is 0 Å². The Morgan fingerprint density at radius 3 is 2.16 bits per heavy atom. The summed E-state index contributed by atoms with van der Waals surface area (Å²) < 4.78 is 0. The van der Waals surface area contributed by atoms with Gasteiger partial charge in [-0.05, 0) is 25.7 Å². The average Bonchev–Trinajstić information content (AvgIpc) is 2.86. The number of nitrogens with zero attached hydrogens (tertiary/aromatic N) is 1. The van der Waals surface area contributed by atoms with Gasteiger partial charge in [-0.3, -0.25) is 19.2 Å². The van der Waals surface area contributed by atoms with Crippen molar-refractivity contribution < 1.29 is 33.9 Å². The van der Waals surface area contributed by atoms with Crippen molar-refractivity contribution in [2.45, 2.75) is 64.2 Å². The third-order valence-electron chi connectivity index (χ3n) is 3.62. The number of imide groups is 1. The summed E-state index contributed by atoms with van der Waals surface area (Å²) in [4.78, 5) is 60.7. The molecule has 0 saturated carbocycles. The minimum Gasteiger partial charge on any atom is -0.481 e. The first kappa shape index (κ1) is 20.6. The molecule has 0 spiro atoms. The van der Waals surface area contributed by atoms with Crippen LogP contribution in [0.4, 0.5) is 0 Å². The smallest absolute Gasteiger partial charge is 0.333 e. The van der Waals surface area contributed by atoms with Crippen LogP contribution in [0.1, 0.15) is 64.2 Å². The SMILES string of the molecule is O=C(O)CCCCC(=O)NCCCCCC(=O)ON1C(=O)CCC1=O. The van der Waals surface area contributed by atoms with Crippen LogP contribution in [-0.4, -0.2) is 46.4 Å². The Kier molecular flexibility index (Phi) is 9.20. The highest BCUT2D eigenvalue weighted by Gasteiger charge is 2.32. The molecule has 3 amide bonds. The molecule has 0 atom stereocenters. The Bertz CT molecular complexity index is 503. The molecule has 0 bridgehead atoms. The van der Waals surface area contributed by atoms with Crippen LogP contribution in [0.25, 0.3) is 0 Å². The van der Waals surface area contributed by atoms with Gasteiger partial charge in [-0.1, -0.05) is 6.42 Å². The van der Waals surface area contributed by atoms with Crippen molar-refractivity contribution in [2.24, 2.45) is 0 Å². The molecule has 9 nitrogen and oxygen atoms in total. The molecule has 0 aromatic carbocycles. The van der Waals surface area contributed by atoms with Gasteiger partial charge in [0.1, 0.15) is 0 Å². The lowest BCUT2D eigenvalue weighted by molar-refractivity contribution is -0.197. The molecule has 1 aliphatic rings. The first-order chi connectivity index (χ1) is 11.9. The Morgan fingerprint density at radius 2 is 1.52 bits per heavy atom. The van der Waals surface area contributed by atoms with Crippen LogP contribution in [0.15, 0.2) is 0 Å². The van der Waals surface area contributed by atoms with E-state index in [0.29, 0.717) is 50.1 Å². The van der Waals surface area contributed by atoms with E-state index in [1.54, 1.807) is 0 Å². The molecule has 1 aliphatic heterocycles. The first-order valence-corrected chi connectivity index (χ1v) is 8.45. The quantitative estimate of drug-likeness (QED) is 0.393. The minimum atomic E-state index is -0.864. The van der Waals surface area contributed by atoms with E-state index in [1.165, 1.54) is 0 Å². The lowest BCUT2D eigenvalue weighted by atomic mass is 10.1. The van der Waals surface area contributed by atoms with Crippen molar-refractivity contribution in [3.8, 4) is 0 Å². The summed E-state index contributed by atoms with van der Waals surface area (Å²) in [7, 11) is 0. The van der Waals surface area contributed by atoms with E-state index in [0.717, 1.165) is 0 Å². The first-order valence-electron chi connectivity index (χ1n) is 8.45. The number of carboxylic acid groups (broad SMARTS) is 1. The molecule has 0 aromatic rings. The Labute approximate surface area is 145 Å². The van der Waals surface area contributed by atoms with Gasteiger partial charge >= 0.3 is 11.9 Å². The normalized spacial score (nSPS) is 13.8. The predicted octanol–water partition coefficient (Wildman–Crippen LogP) is 0.915. The maximum absolute atomic E-state index is 11.5.